The molecule has 0 aliphatic rings. The fraction of sp³-hybridized carbons (Fsp3) is 0.407. The van der Waals surface area contributed by atoms with Crippen LogP contribution in [-0.2, 0) is 72.8 Å². The maximum Gasteiger partial charge on any atom is 0.191 e. The van der Waals surface area contributed by atoms with E-state index >= 15 is 0 Å². The zero-order chi connectivity index (χ0) is 95.5. The molecule has 37 heteroatoms. The molecule has 0 bridgehead atoms. The predicted molar refractivity (Wildman–Crippen MR) is 519 cm³/mol. The van der Waals surface area contributed by atoms with E-state index in [-0.39, 0.29) is 63.5 Å². The van der Waals surface area contributed by atoms with E-state index < -0.39 is 30.6 Å². The number of rotatable bonds is 43. The van der Waals surface area contributed by atoms with Gasteiger partial charge in [-0.2, -0.15) is 0 Å². The summed E-state index contributed by atoms with van der Waals surface area (Å²) < 4.78 is 63.5. The number of carbonyl (C=O) groups excluding carboxylic acids is 3. The van der Waals surface area contributed by atoms with Crippen molar-refractivity contribution in [3.8, 4) is 23.0 Å². The summed E-state index contributed by atoms with van der Waals surface area (Å²) in [5.41, 5.74) is 12.9. The monoisotopic (exact) mass is 2140 g/mol. The fourth-order valence-electron chi connectivity index (χ4n) is 11.0. The molecule has 5 N–H and O–H groups in total. The third-order valence-electron chi connectivity index (χ3n) is 17.9. The Labute approximate surface area is 814 Å². The number of carbonyl (C=O) groups is 3. The van der Waals surface area contributed by atoms with Gasteiger partial charge in [0, 0.05) is 74.8 Å². The number of methoxy groups -OCH3 is 7. The molecular weight excluding hydrogens is 2030 g/mol. The molecule has 9 aromatic rings. The molecule has 2 unspecified atom stereocenters. The second-order valence-electron chi connectivity index (χ2n) is 27.1. The number of hydrogen-bond donors (Lipinski definition) is 4. The van der Waals surface area contributed by atoms with Crippen LogP contribution in [0.4, 0.5) is 0 Å². The van der Waals surface area contributed by atoms with Gasteiger partial charge in [-0.1, -0.05) is 181 Å². The van der Waals surface area contributed by atoms with Crippen molar-refractivity contribution in [1.82, 2.24) is 34.9 Å². The number of aldehydes is 1. The van der Waals surface area contributed by atoms with Crippen LogP contribution in [0.1, 0.15) is 180 Å². The van der Waals surface area contributed by atoms with Crippen LogP contribution in [0.3, 0.4) is 0 Å². The zero-order valence-corrected chi connectivity index (χ0v) is 86.0. The molecule has 0 saturated carbocycles. The molecule has 0 aliphatic heterocycles. The van der Waals surface area contributed by atoms with Crippen LogP contribution >= 0.6 is 132 Å². The van der Waals surface area contributed by atoms with Crippen LogP contribution in [0.2, 0.25) is 64.8 Å². The number of alkyl halides is 1. The van der Waals surface area contributed by atoms with Crippen molar-refractivity contribution in [3.05, 3.63) is 263 Å². The third-order valence-corrected chi connectivity index (χ3v) is 36.2. The Bertz CT molecular complexity index is 4760. The van der Waals surface area contributed by atoms with E-state index in [4.69, 9.17) is 179 Å². The summed E-state index contributed by atoms with van der Waals surface area (Å²) in [6.07, 6.45) is 7.36. The summed E-state index contributed by atoms with van der Waals surface area (Å²) in [5, 5.41) is 31.8. The minimum atomic E-state index is -2.24. The Morgan fingerprint density at radius 2 is 0.922 bits per heavy atom. The molecule has 0 fully saturated rings. The number of aliphatic hydroxyl groups is 3. The first-order chi connectivity index (χ1) is 61.4. The molecule has 0 aliphatic carbocycles. The van der Waals surface area contributed by atoms with Gasteiger partial charge in [-0.25, -0.2) is 34.9 Å². The van der Waals surface area contributed by atoms with Gasteiger partial charge in [0.05, 0.1) is 103 Å². The molecule has 2 atom stereocenters. The van der Waals surface area contributed by atoms with Crippen molar-refractivity contribution < 1.29 is 81.8 Å². The SMILES string of the molecule is C=C(OCC)c1ccc(COC)c(Cl)n1.C=[C](OCC)[Sn]([CH2]CCC)([CH2]CCC)[CH2]CCC.COCc1ccc(C(=O)CBr)nc1Cl.COCc1ccc(C(O)CN)nc1Cl.COCc1ccc(Cl)nc1Cl.COc1ccc(COCCOc2ccc(C(=O)CCC(O)c3ccc(OC)c(Cl)n3)cc2OC)cc1.O=Cc1ccc(Cl)nc1Cl.OCc1ccc(Cl)nc1Cl. The van der Waals surface area contributed by atoms with E-state index in [1.807, 2.05) is 43.3 Å². The molecule has 0 amide bonds. The minimum absolute atomic E-state index is 0.0872. The van der Waals surface area contributed by atoms with Crippen molar-refractivity contribution in [2.75, 3.05) is 88.1 Å². The second kappa shape index (κ2) is 68.6. The molecule has 0 saturated heterocycles. The van der Waals surface area contributed by atoms with Crippen molar-refractivity contribution in [1.29, 1.82) is 0 Å². The number of halogens is 11. The van der Waals surface area contributed by atoms with E-state index in [1.165, 1.54) is 82.0 Å². The Morgan fingerprint density at radius 1 is 0.477 bits per heavy atom. The van der Waals surface area contributed by atoms with Gasteiger partial charge in [0.15, 0.2) is 40.3 Å². The maximum absolute atomic E-state index is 12.7. The van der Waals surface area contributed by atoms with E-state index in [2.05, 4.69) is 91.7 Å². The molecule has 9 rings (SSSR count). The molecule has 7 heterocycles. The van der Waals surface area contributed by atoms with Crippen molar-refractivity contribution >= 4 is 174 Å². The van der Waals surface area contributed by atoms with Crippen LogP contribution in [0, 0.1) is 0 Å². The van der Waals surface area contributed by atoms with Crippen molar-refractivity contribution in [2.24, 2.45) is 5.73 Å². The Morgan fingerprint density at radius 3 is 1.36 bits per heavy atom. The Balaban J connectivity index is 0.000000520. The minimum Gasteiger partial charge on any atom is -0.497 e. The van der Waals surface area contributed by atoms with Crippen LogP contribution in [0.15, 0.2) is 144 Å². The number of aliphatic hydroxyl groups excluding tert-OH is 3. The fourth-order valence-corrected chi connectivity index (χ4v) is 28.0. The first-order valence-electron chi connectivity index (χ1n) is 40.4. The second-order valence-corrected chi connectivity index (χ2v) is 44.5. The summed E-state index contributed by atoms with van der Waals surface area (Å²) in [6, 6.07) is 36.2. The van der Waals surface area contributed by atoms with Gasteiger partial charge in [0.1, 0.15) is 82.0 Å². The van der Waals surface area contributed by atoms with E-state index in [0.717, 1.165) is 40.2 Å². The van der Waals surface area contributed by atoms with E-state index in [1.54, 1.807) is 114 Å². The van der Waals surface area contributed by atoms with Gasteiger partial charge >= 0.3 is 120 Å². The molecule has 0 spiro atoms. The normalized spacial score (nSPS) is 11.0. The quantitative estimate of drug-likeness (QED) is 0.00524. The average Bonchev–Trinajstić information content (AvgIpc) is 1.50. The Kier molecular flexibility index (Phi) is 63.0. The number of aromatic nitrogens is 7. The summed E-state index contributed by atoms with van der Waals surface area (Å²) in [5.74, 6) is 2.48. The molecular formula is C91H115BrCl10N8O17Sn. The number of nitrogens with zero attached hydrogens (tertiary/aromatic N) is 7. The maximum atomic E-state index is 12.7. The van der Waals surface area contributed by atoms with Crippen LogP contribution in [-0.4, -0.2) is 175 Å². The topological polar surface area (TPSA) is 330 Å². The number of benzene rings is 2. The van der Waals surface area contributed by atoms with Crippen LogP contribution in [0.25, 0.3) is 5.76 Å². The zero-order valence-electron chi connectivity index (χ0n) is 74.0. The molecule has 702 valence electrons. The summed E-state index contributed by atoms with van der Waals surface area (Å²) in [7, 11) is 11.0. The van der Waals surface area contributed by atoms with Gasteiger partial charge < -0.3 is 68.4 Å². The first kappa shape index (κ1) is 118. The Hall–Kier alpha value is -6.40. The number of unbranched alkanes of at least 4 members (excludes halogenated alkanes) is 3. The average molecular weight is 2150 g/mol. The molecule has 25 nitrogen and oxygen atoms in total. The number of ketones is 2. The van der Waals surface area contributed by atoms with E-state index in [0.29, 0.717) is 153 Å². The summed E-state index contributed by atoms with van der Waals surface area (Å²) in [4.78, 5) is 61.6. The number of pyridine rings is 7. The van der Waals surface area contributed by atoms with Gasteiger partial charge in [-0.05, 0) is 104 Å². The van der Waals surface area contributed by atoms with Crippen molar-refractivity contribution in [2.45, 2.75) is 151 Å². The number of hydrogen-bond acceptors (Lipinski definition) is 25. The third kappa shape index (κ3) is 44.9. The smallest absolute Gasteiger partial charge is 0.191 e. The summed E-state index contributed by atoms with van der Waals surface area (Å²) in [6.45, 7) is 23.3. The van der Waals surface area contributed by atoms with Gasteiger partial charge in [-0.15, -0.1) is 0 Å². The first-order valence-corrected chi connectivity index (χ1v) is 52.7. The van der Waals surface area contributed by atoms with Gasteiger partial charge in [0.25, 0.3) is 0 Å². The molecule has 2 aromatic carbocycles. The van der Waals surface area contributed by atoms with Crippen molar-refractivity contribution in [3.63, 3.8) is 0 Å². The van der Waals surface area contributed by atoms with Gasteiger partial charge in [0.2, 0.25) is 0 Å². The number of Topliss-reactive ketones (excluding diaryl/α,β-unsaturated/α-hetero) is 2. The number of ether oxygens (including phenoxy) is 11. The number of nitrogens with two attached hydrogens (primary N) is 1. The summed E-state index contributed by atoms with van der Waals surface area (Å²) >= 11 is 57.9. The van der Waals surface area contributed by atoms with Crippen LogP contribution in [0.5, 0.6) is 23.0 Å². The molecule has 128 heavy (non-hydrogen) atoms. The van der Waals surface area contributed by atoms with Gasteiger partial charge in [-0.3, -0.25) is 14.4 Å². The van der Waals surface area contributed by atoms with Crippen LogP contribution < -0.4 is 24.7 Å². The predicted octanol–water partition coefficient (Wildman–Crippen LogP) is 23.8. The largest absolute Gasteiger partial charge is 0.497 e. The molecule has 7 aromatic heterocycles. The molecule has 0 radical (unpaired) electrons. The standard InChI is InChI=1S/C27H30ClNO7.C11H14ClNO2.C9H9BrClNO2.C9H13ClN2O2.C7H7Cl2NO.C6H5Cl2NO.C6H3Cl2NO.C4H7O.3C4H9.Sn/c1-32-20-7-4-18(5-8-20)17-35-14-15-36-24-12-6-19(16-26(24)34-3)22(30)10-11-23(31)21-9-13-25(33-2)27(28)29-21;1-4-15-8(2)10-6-5-9(7-14-3)11(12)13-10;1-14-5-6-2-3-7(8(13)4-10)12-9(6)11;1-14-5-6-2-3-7(8(13)4-11)12-9(6)10;1-11-4-5-2-3-6(8)10-7(5)9;2*7-5-2-1-4(3-10)6(8)9-5;1-3-5-4-2;3*1-3-4-2;/h4-9,12-13,16,23,31H,10-11,14-15,17H2,1-3H3;5-6H,2,4,7H2,1,3H3;2-3H,4-5H2,1H3;2-3,8,13H,4-5,11H2,1H3;2-3H,4H2,1H3;1-2,10H,3H2;1-3H;1,4H2,2H3;3*1,3-4H2,2H3;. The van der Waals surface area contributed by atoms with E-state index in [9.17, 15) is 24.6 Å².